The molecule has 160 valence electrons. The number of rotatable bonds is 5. The Hall–Kier alpha value is -2.02. The second-order valence-corrected chi connectivity index (χ2v) is 11.0. The van der Waals surface area contributed by atoms with Crippen molar-refractivity contribution >= 4 is 49.7 Å². The number of Topliss-reactive ketones (excluding diaryl/α,β-unsaturated/α-hetero) is 1. The van der Waals surface area contributed by atoms with Gasteiger partial charge in [-0.3, -0.25) is 9.59 Å². The third-order valence-electron chi connectivity index (χ3n) is 6.19. The van der Waals surface area contributed by atoms with Gasteiger partial charge < -0.3 is 9.88 Å². The zero-order valence-electron chi connectivity index (χ0n) is 16.4. The van der Waals surface area contributed by atoms with Crippen LogP contribution in [0, 0.1) is 5.92 Å². The number of fused-ring (bicyclic) bond motifs is 1. The summed E-state index contributed by atoms with van der Waals surface area (Å²) >= 11 is 0.968. The lowest BCUT2D eigenvalue weighted by Crippen LogP contribution is -2.60. The van der Waals surface area contributed by atoms with Crippen molar-refractivity contribution in [3.8, 4) is 0 Å². The molecule has 12 heteroatoms. The first-order valence-electron chi connectivity index (χ1n) is 9.78. The van der Waals surface area contributed by atoms with Gasteiger partial charge in [-0.25, -0.2) is 9.97 Å². The van der Waals surface area contributed by atoms with Crippen LogP contribution in [0.1, 0.15) is 12.8 Å². The van der Waals surface area contributed by atoms with Crippen molar-refractivity contribution in [3.05, 3.63) is 18.6 Å². The van der Waals surface area contributed by atoms with E-state index in [1.165, 1.54) is 17.7 Å². The maximum atomic E-state index is 13.3. The summed E-state index contributed by atoms with van der Waals surface area (Å²) in [6.45, 7) is 1.28. The minimum atomic E-state index is -3.79. The molecule has 2 aromatic rings. The number of ketones is 1. The number of aromatic amines is 1. The van der Waals surface area contributed by atoms with E-state index in [9.17, 15) is 18.0 Å². The van der Waals surface area contributed by atoms with Crippen LogP contribution >= 0.6 is 11.8 Å². The lowest BCUT2D eigenvalue weighted by Gasteiger charge is -2.43. The monoisotopic (exact) mass is 450 g/mol. The summed E-state index contributed by atoms with van der Waals surface area (Å²) in [5.41, 5.74) is 0.278. The molecule has 1 N–H and O–H groups in total. The molecular weight excluding hydrogens is 428 g/mol. The first kappa shape index (κ1) is 19.9. The van der Waals surface area contributed by atoms with E-state index in [2.05, 4.69) is 19.9 Å². The summed E-state index contributed by atoms with van der Waals surface area (Å²) in [5.74, 6) is -0.129. The molecule has 30 heavy (non-hydrogen) atoms. The standard InChI is InChI=1S/C18H22N6O4S2/c1-22(8-13-14(25)9-29-17(13)26)30(27,28)24-7-6-23(10-18(24)3-4-18)16-12-2-5-19-15(12)20-11-21-16/h2,5,11,13H,3-4,6-10H2,1H3,(H,19,20,21). The van der Waals surface area contributed by atoms with Gasteiger partial charge in [-0.1, -0.05) is 11.8 Å². The molecule has 3 fully saturated rings. The van der Waals surface area contributed by atoms with Crippen molar-refractivity contribution in [1.29, 1.82) is 0 Å². The number of anilines is 1. The zero-order valence-corrected chi connectivity index (χ0v) is 18.1. The van der Waals surface area contributed by atoms with E-state index in [-0.39, 0.29) is 23.2 Å². The number of carbonyl (C=O) groups is 2. The highest BCUT2D eigenvalue weighted by molar-refractivity contribution is 8.15. The topological polar surface area (TPSA) is 120 Å². The predicted octanol–water partition coefficient (Wildman–Crippen LogP) is 0.248. The number of carbonyl (C=O) groups excluding carboxylic acids is 2. The molecule has 4 heterocycles. The normalized spacial score (nSPS) is 24.5. The van der Waals surface area contributed by atoms with Crippen LogP contribution in [0.25, 0.3) is 11.0 Å². The molecular formula is C18H22N6O4S2. The highest BCUT2D eigenvalue weighted by Crippen LogP contribution is 2.47. The number of nitrogens with zero attached hydrogens (tertiary/aromatic N) is 5. The first-order chi connectivity index (χ1) is 14.3. The second-order valence-electron chi connectivity index (χ2n) is 8.07. The number of hydrogen-bond acceptors (Lipinski definition) is 8. The summed E-state index contributed by atoms with van der Waals surface area (Å²) in [7, 11) is -2.34. The van der Waals surface area contributed by atoms with Gasteiger partial charge in [0.05, 0.1) is 16.7 Å². The minimum absolute atomic E-state index is 0.0980. The lowest BCUT2D eigenvalue weighted by molar-refractivity contribution is -0.125. The van der Waals surface area contributed by atoms with Crippen LogP contribution in [0.2, 0.25) is 0 Å². The fourth-order valence-electron chi connectivity index (χ4n) is 4.34. The number of thioether (sulfide) groups is 1. The highest BCUT2D eigenvalue weighted by atomic mass is 32.2. The van der Waals surface area contributed by atoms with Crippen LogP contribution in [0.3, 0.4) is 0 Å². The van der Waals surface area contributed by atoms with Gasteiger partial charge in [-0.05, 0) is 18.9 Å². The predicted molar refractivity (Wildman–Crippen MR) is 112 cm³/mol. The number of piperazine rings is 1. The molecule has 1 unspecified atom stereocenters. The Balaban J connectivity index is 1.36. The fourth-order valence-corrected chi connectivity index (χ4v) is 6.94. The van der Waals surface area contributed by atoms with Crippen LogP contribution in [-0.2, 0) is 19.8 Å². The second kappa shape index (κ2) is 7.01. The van der Waals surface area contributed by atoms with Crippen molar-refractivity contribution in [2.45, 2.75) is 18.4 Å². The van der Waals surface area contributed by atoms with Gasteiger partial charge in [-0.15, -0.1) is 0 Å². The third-order valence-corrected chi connectivity index (χ3v) is 9.25. The average molecular weight is 451 g/mol. The van der Waals surface area contributed by atoms with Gasteiger partial charge >= 0.3 is 0 Å². The molecule has 0 bridgehead atoms. The van der Waals surface area contributed by atoms with Crippen molar-refractivity contribution in [2.24, 2.45) is 5.92 Å². The summed E-state index contributed by atoms with van der Waals surface area (Å²) in [6.07, 6.45) is 4.87. The van der Waals surface area contributed by atoms with Gasteiger partial charge in [0.15, 0.2) is 5.78 Å². The molecule has 5 rings (SSSR count). The van der Waals surface area contributed by atoms with Crippen LogP contribution < -0.4 is 4.90 Å². The molecule has 1 saturated carbocycles. The van der Waals surface area contributed by atoms with Crippen LogP contribution in [0.5, 0.6) is 0 Å². The first-order valence-corrected chi connectivity index (χ1v) is 12.2. The van der Waals surface area contributed by atoms with Crippen molar-refractivity contribution in [3.63, 3.8) is 0 Å². The van der Waals surface area contributed by atoms with Crippen LogP contribution in [0.4, 0.5) is 5.82 Å². The maximum Gasteiger partial charge on any atom is 0.282 e. The van der Waals surface area contributed by atoms with Gasteiger partial charge in [0.2, 0.25) is 5.12 Å². The van der Waals surface area contributed by atoms with E-state index in [0.717, 1.165) is 41.5 Å². The van der Waals surface area contributed by atoms with E-state index >= 15 is 0 Å². The van der Waals surface area contributed by atoms with Gasteiger partial charge in [0.25, 0.3) is 10.2 Å². The molecule has 2 aliphatic heterocycles. The van der Waals surface area contributed by atoms with Gasteiger partial charge in [-0.2, -0.15) is 17.0 Å². The molecule has 1 spiro atoms. The van der Waals surface area contributed by atoms with Crippen LogP contribution in [0.15, 0.2) is 18.6 Å². The third kappa shape index (κ3) is 3.13. The number of aromatic nitrogens is 3. The summed E-state index contributed by atoms with van der Waals surface area (Å²) in [4.78, 5) is 37.8. The van der Waals surface area contributed by atoms with Crippen molar-refractivity contribution < 1.29 is 18.0 Å². The smallest absolute Gasteiger partial charge is 0.282 e. The Morgan fingerprint density at radius 1 is 1.30 bits per heavy atom. The minimum Gasteiger partial charge on any atom is -0.353 e. The molecule has 1 aliphatic carbocycles. The van der Waals surface area contributed by atoms with Crippen molar-refractivity contribution in [2.75, 3.05) is 43.9 Å². The lowest BCUT2D eigenvalue weighted by atomic mass is 10.1. The number of hydrogen-bond donors (Lipinski definition) is 1. The van der Waals surface area contributed by atoms with E-state index in [4.69, 9.17) is 0 Å². The molecule has 0 amide bonds. The molecule has 10 nitrogen and oxygen atoms in total. The molecule has 2 saturated heterocycles. The zero-order chi connectivity index (χ0) is 21.1. The summed E-state index contributed by atoms with van der Waals surface area (Å²) in [6, 6.07) is 1.93. The Bertz CT molecular complexity index is 1110. The van der Waals surface area contributed by atoms with E-state index in [1.807, 2.05) is 12.3 Å². The van der Waals surface area contributed by atoms with Crippen LogP contribution in [-0.4, -0.2) is 87.4 Å². The van der Waals surface area contributed by atoms with E-state index in [0.29, 0.717) is 19.6 Å². The summed E-state index contributed by atoms with van der Waals surface area (Å²) in [5, 5.41) is 0.671. The molecule has 0 aromatic carbocycles. The van der Waals surface area contributed by atoms with Gasteiger partial charge in [0.1, 0.15) is 23.7 Å². The molecule has 1 atom stereocenters. The SMILES string of the molecule is CN(CC1C(=O)CSC1=O)S(=O)(=O)N1CCN(c2ncnc3[nH]ccc23)CC12CC2. The summed E-state index contributed by atoms with van der Waals surface area (Å²) < 4.78 is 29.4. The average Bonchev–Trinajstić information content (AvgIpc) is 3.17. The van der Waals surface area contributed by atoms with E-state index in [1.54, 1.807) is 4.31 Å². The maximum absolute atomic E-state index is 13.3. The number of nitrogens with one attached hydrogen (secondary N) is 1. The highest BCUT2D eigenvalue weighted by Gasteiger charge is 2.57. The van der Waals surface area contributed by atoms with Gasteiger partial charge in [0, 0.05) is 39.4 Å². The molecule has 0 radical (unpaired) electrons. The molecule has 3 aliphatic rings. The quantitative estimate of drug-likeness (QED) is 0.644. The Morgan fingerprint density at radius 3 is 2.80 bits per heavy atom. The van der Waals surface area contributed by atoms with Crippen molar-refractivity contribution in [1.82, 2.24) is 23.6 Å². The fraction of sp³-hybridized carbons (Fsp3) is 0.556. The Labute approximate surface area is 178 Å². The molecule has 2 aromatic heterocycles. The largest absolute Gasteiger partial charge is 0.353 e. The van der Waals surface area contributed by atoms with E-state index < -0.39 is 21.7 Å². The Morgan fingerprint density at radius 2 is 2.10 bits per heavy atom. The number of H-pyrrole nitrogens is 1. The Kier molecular flexibility index (Phi) is 4.65.